The van der Waals surface area contributed by atoms with Gasteiger partial charge in [-0.3, -0.25) is 4.72 Å². The zero-order valence-electron chi connectivity index (χ0n) is 9.27. The second-order valence-corrected chi connectivity index (χ2v) is 7.27. The molecular weight excluding hydrogens is 422 g/mol. The average Bonchev–Trinajstić information content (AvgIpc) is 2.33. The highest BCUT2D eigenvalue weighted by molar-refractivity contribution is 14.1. The highest BCUT2D eigenvalue weighted by atomic mass is 127. The van der Waals surface area contributed by atoms with E-state index in [1.54, 1.807) is 18.2 Å². The van der Waals surface area contributed by atoms with E-state index in [-0.39, 0.29) is 10.0 Å². The van der Waals surface area contributed by atoms with Gasteiger partial charge in [0.25, 0.3) is 10.0 Å². The molecule has 0 saturated heterocycles. The van der Waals surface area contributed by atoms with Crippen molar-refractivity contribution in [3.05, 3.63) is 50.3 Å². The molecule has 8 heteroatoms. The normalized spacial score (nSPS) is 11.3. The van der Waals surface area contributed by atoms with Gasteiger partial charge in [0.2, 0.25) is 0 Å². The molecule has 19 heavy (non-hydrogen) atoms. The lowest BCUT2D eigenvalue weighted by Gasteiger charge is -2.09. The fourth-order valence-electron chi connectivity index (χ4n) is 1.30. The molecule has 1 aromatic heterocycles. The number of aromatic nitrogens is 1. The molecule has 4 nitrogen and oxygen atoms in total. The van der Waals surface area contributed by atoms with Crippen molar-refractivity contribution in [3.63, 3.8) is 0 Å². The van der Waals surface area contributed by atoms with Crippen molar-refractivity contribution in [2.24, 2.45) is 0 Å². The summed E-state index contributed by atoms with van der Waals surface area (Å²) in [7, 11) is -3.72. The van der Waals surface area contributed by atoms with E-state index in [1.807, 2.05) is 0 Å². The van der Waals surface area contributed by atoms with E-state index in [4.69, 9.17) is 23.2 Å². The van der Waals surface area contributed by atoms with Gasteiger partial charge in [0.05, 0.1) is 10.7 Å². The number of anilines is 1. The molecule has 0 atom stereocenters. The molecule has 0 aliphatic rings. The van der Waals surface area contributed by atoms with Crippen molar-refractivity contribution in [3.8, 4) is 0 Å². The van der Waals surface area contributed by atoms with Gasteiger partial charge >= 0.3 is 0 Å². The Hall–Kier alpha value is -0.570. The molecule has 0 bridgehead atoms. The van der Waals surface area contributed by atoms with E-state index in [0.717, 1.165) is 3.57 Å². The average molecular weight is 429 g/mol. The minimum absolute atomic E-state index is 0.0199. The smallest absolute Gasteiger partial charge is 0.263 e. The van der Waals surface area contributed by atoms with Gasteiger partial charge in [-0.2, -0.15) is 0 Å². The molecule has 0 amide bonds. The van der Waals surface area contributed by atoms with Crippen LogP contribution < -0.4 is 4.72 Å². The first kappa shape index (κ1) is 14.8. The lowest BCUT2D eigenvalue weighted by molar-refractivity contribution is 0.601. The van der Waals surface area contributed by atoms with E-state index in [0.29, 0.717) is 10.7 Å². The first-order valence-electron chi connectivity index (χ1n) is 4.98. The third kappa shape index (κ3) is 3.71. The van der Waals surface area contributed by atoms with Crippen LogP contribution in [0.5, 0.6) is 0 Å². The molecule has 1 aromatic carbocycles. The summed E-state index contributed by atoms with van der Waals surface area (Å²) >= 11 is 13.7. The van der Waals surface area contributed by atoms with Gasteiger partial charge in [0, 0.05) is 9.77 Å². The van der Waals surface area contributed by atoms with Crippen LogP contribution in [0.1, 0.15) is 0 Å². The number of nitrogens with one attached hydrogen (secondary N) is 1. The number of halogens is 3. The third-order valence-electron chi connectivity index (χ3n) is 2.19. The highest BCUT2D eigenvalue weighted by Crippen LogP contribution is 2.26. The quantitative estimate of drug-likeness (QED) is 0.597. The Bertz CT molecular complexity index is 705. The maximum Gasteiger partial charge on any atom is 0.263 e. The van der Waals surface area contributed by atoms with Crippen LogP contribution in [0.2, 0.25) is 10.2 Å². The van der Waals surface area contributed by atoms with E-state index >= 15 is 0 Å². The van der Waals surface area contributed by atoms with Crippen LogP contribution in [0.15, 0.2) is 41.4 Å². The molecule has 0 fully saturated rings. The molecule has 100 valence electrons. The van der Waals surface area contributed by atoms with Gasteiger partial charge in [0.15, 0.2) is 0 Å². The maximum absolute atomic E-state index is 12.1. The molecule has 1 heterocycles. The summed E-state index contributed by atoms with van der Waals surface area (Å²) in [6.07, 6.45) is 1.19. The Morgan fingerprint density at radius 3 is 2.47 bits per heavy atom. The van der Waals surface area contributed by atoms with Crippen LogP contribution in [-0.4, -0.2) is 13.4 Å². The minimum Gasteiger partial charge on any atom is -0.278 e. The third-order valence-corrected chi connectivity index (χ3v) is 4.74. The SMILES string of the molecule is O=S(=O)(Nc1ccc(I)cc1Cl)c1ccc(Cl)nc1. The lowest BCUT2D eigenvalue weighted by atomic mass is 10.3. The summed E-state index contributed by atoms with van der Waals surface area (Å²) in [4.78, 5) is 3.76. The highest BCUT2D eigenvalue weighted by Gasteiger charge is 2.16. The monoisotopic (exact) mass is 428 g/mol. The van der Waals surface area contributed by atoms with Crippen LogP contribution in [0.25, 0.3) is 0 Å². The standard InChI is InChI=1S/C11H7Cl2IN2O2S/c12-9-5-7(14)1-3-10(9)16-19(17,18)8-2-4-11(13)15-6-8/h1-6,16H. The fourth-order valence-corrected chi connectivity index (χ4v) is 3.39. The van der Waals surface area contributed by atoms with Gasteiger partial charge < -0.3 is 0 Å². The molecule has 0 aliphatic carbocycles. The topological polar surface area (TPSA) is 59.1 Å². The predicted octanol–water partition coefficient (Wildman–Crippen LogP) is 3.79. The summed E-state index contributed by atoms with van der Waals surface area (Å²) in [5.74, 6) is 0. The van der Waals surface area contributed by atoms with Crippen molar-refractivity contribution in [2.75, 3.05) is 4.72 Å². The Balaban J connectivity index is 2.33. The summed E-state index contributed by atoms with van der Waals surface area (Å²) in [6, 6.07) is 7.80. The van der Waals surface area contributed by atoms with Crippen LogP contribution in [-0.2, 0) is 10.0 Å². The molecule has 0 radical (unpaired) electrons. The number of hydrogen-bond donors (Lipinski definition) is 1. The van der Waals surface area contributed by atoms with Crippen molar-refractivity contribution >= 4 is 61.5 Å². The molecule has 1 N–H and O–H groups in total. The molecule has 2 aromatic rings. The van der Waals surface area contributed by atoms with E-state index in [2.05, 4.69) is 32.3 Å². The van der Waals surface area contributed by atoms with Crippen LogP contribution >= 0.6 is 45.8 Å². The molecule has 0 saturated carbocycles. The van der Waals surface area contributed by atoms with Crippen LogP contribution in [0.3, 0.4) is 0 Å². The number of pyridine rings is 1. The zero-order chi connectivity index (χ0) is 14.0. The Labute approximate surface area is 134 Å². The van der Waals surface area contributed by atoms with Gasteiger partial charge in [-0.1, -0.05) is 23.2 Å². The Morgan fingerprint density at radius 2 is 1.89 bits per heavy atom. The van der Waals surface area contributed by atoms with Gasteiger partial charge in [-0.05, 0) is 52.9 Å². The van der Waals surface area contributed by atoms with Crippen molar-refractivity contribution in [1.82, 2.24) is 4.98 Å². The molecule has 0 spiro atoms. The Morgan fingerprint density at radius 1 is 1.16 bits per heavy atom. The second kappa shape index (κ2) is 5.82. The number of hydrogen-bond acceptors (Lipinski definition) is 3. The number of rotatable bonds is 3. The summed E-state index contributed by atoms with van der Waals surface area (Å²) in [5.41, 5.74) is 0.317. The van der Waals surface area contributed by atoms with Gasteiger partial charge in [-0.15, -0.1) is 0 Å². The lowest BCUT2D eigenvalue weighted by Crippen LogP contribution is -2.13. The Kier molecular flexibility index (Phi) is 4.54. The van der Waals surface area contributed by atoms with Crippen molar-refractivity contribution in [2.45, 2.75) is 4.90 Å². The van der Waals surface area contributed by atoms with Crippen LogP contribution in [0, 0.1) is 3.57 Å². The minimum atomic E-state index is -3.72. The molecule has 2 rings (SSSR count). The first-order valence-corrected chi connectivity index (χ1v) is 8.30. The molecule has 0 aliphatic heterocycles. The van der Waals surface area contributed by atoms with Gasteiger partial charge in [-0.25, -0.2) is 13.4 Å². The van der Waals surface area contributed by atoms with Crippen molar-refractivity contribution in [1.29, 1.82) is 0 Å². The van der Waals surface area contributed by atoms with E-state index in [1.165, 1.54) is 18.3 Å². The summed E-state index contributed by atoms with van der Waals surface area (Å²) < 4.78 is 27.5. The number of benzene rings is 1. The van der Waals surface area contributed by atoms with Crippen LogP contribution in [0.4, 0.5) is 5.69 Å². The van der Waals surface area contributed by atoms with E-state index in [9.17, 15) is 8.42 Å². The predicted molar refractivity (Wildman–Crippen MR) is 84.2 cm³/mol. The first-order chi connectivity index (χ1) is 8.88. The molecular formula is C11H7Cl2IN2O2S. The summed E-state index contributed by atoms with van der Waals surface area (Å²) in [6.45, 7) is 0. The van der Waals surface area contributed by atoms with Crippen molar-refractivity contribution < 1.29 is 8.42 Å². The number of sulfonamides is 1. The largest absolute Gasteiger partial charge is 0.278 e. The summed E-state index contributed by atoms with van der Waals surface area (Å²) in [5, 5.41) is 0.559. The van der Waals surface area contributed by atoms with E-state index < -0.39 is 10.0 Å². The maximum atomic E-state index is 12.1. The fraction of sp³-hybridized carbons (Fsp3) is 0. The zero-order valence-corrected chi connectivity index (χ0v) is 13.8. The second-order valence-electron chi connectivity index (χ2n) is 3.55. The number of nitrogens with zero attached hydrogens (tertiary/aromatic N) is 1. The van der Waals surface area contributed by atoms with Gasteiger partial charge in [0.1, 0.15) is 10.0 Å². The molecule has 0 unspecified atom stereocenters.